The molecule has 1 aromatic rings. The van der Waals surface area contributed by atoms with Gasteiger partial charge in [-0.25, -0.2) is 9.98 Å². The molecule has 0 amide bonds. The largest absolute Gasteiger partial charge is 0.357 e. The minimum Gasteiger partial charge on any atom is -0.357 e. The maximum Gasteiger partial charge on any atom is 0.191 e. The van der Waals surface area contributed by atoms with E-state index in [0.717, 1.165) is 42.1 Å². The van der Waals surface area contributed by atoms with Crippen LogP contribution in [0.3, 0.4) is 0 Å². The topological polar surface area (TPSA) is 52.6 Å². The van der Waals surface area contributed by atoms with Crippen molar-refractivity contribution in [3.63, 3.8) is 0 Å². The SMILES string of the molecule is CCNC(=NCc1sc(C)nc1C)NCCCN1CCCC(C)C1.I. The number of nitrogens with zero attached hydrogens (tertiary/aromatic N) is 3. The van der Waals surface area contributed by atoms with Crippen LogP contribution in [-0.2, 0) is 6.54 Å². The van der Waals surface area contributed by atoms with Crippen molar-refractivity contribution in [2.24, 2.45) is 10.9 Å². The zero-order valence-electron chi connectivity index (χ0n) is 16.1. The van der Waals surface area contributed by atoms with Crippen molar-refractivity contribution >= 4 is 41.3 Å². The third-order valence-corrected chi connectivity index (χ3v) is 5.47. The highest BCUT2D eigenvalue weighted by molar-refractivity contribution is 14.0. The van der Waals surface area contributed by atoms with E-state index in [4.69, 9.17) is 4.99 Å². The Kier molecular flexibility index (Phi) is 10.9. The van der Waals surface area contributed by atoms with Crippen molar-refractivity contribution in [1.29, 1.82) is 0 Å². The molecule has 7 heteroatoms. The lowest BCUT2D eigenvalue weighted by Gasteiger charge is -2.30. The van der Waals surface area contributed by atoms with Crippen LogP contribution in [0.1, 0.15) is 48.7 Å². The van der Waals surface area contributed by atoms with Gasteiger partial charge in [-0.05, 0) is 59.0 Å². The molecule has 1 aromatic heterocycles. The lowest BCUT2D eigenvalue weighted by Crippen LogP contribution is -2.40. The first-order valence-corrected chi connectivity index (χ1v) is 10.1. The molecular formula is C18H34IN5S. The molecule has 1 unspecified atom stereocenters. The Morgan fingerprint density at radius 2 is 2.16 bits per heavy atom. The maximum atomic E-state index is 4.71. The summed E-state index contributed by atoms with van der Waals surface area (Å²) in [4.78, 5) is 13.0. The van der Waals surface area contributed by atoms with Crippen molar-refractivity contribution in [3.8, 4) is 0 Å². The summed E-state index contributed by atoms with van der Waals surface area (Å²) in [6.45, 7) is 14.9. The van der Waals surface area contributed by atoms with Crippen molar-refractivity contribution in [1.82, 2.24) is 20.5 Å². The molecular weight excluding hydrogens is 445 g/mol. The number of piperidine rings is 1. The molecule has 0 aromatic carbocycles. The number of thiazole rings is 1. The Labute approximate surface area is 174 Å². The Balaban J connectivity index is 0.00000312. The Hall–Kier alpha value is -0.410. The van der Waals surface area contributed by atoms with Gasteiger partial charge < -0.3 is 15.5 Å². The molecule has 1 fully saturated rings. The quantitative estimate of drug-likeness (QED) is 0.272. The summed E-state index contributed by atoms with van der Waals surface area (Å²) in [5, 5.41) is 7.92. The second kappa shape index (κ2) is 12.1. The van der Waals surface area contributed by atoms with Gasteiger partial charge in [0.1, 0.15) is 0 Å². The molecule has 2 N–H and O–H groups in total. The third kappa shape index (κ3) is 8.21. The minimum atomic E-state index is 0. The van der Waals surface area contributed by atoms with Crippen LogP contribution < -0.4 is 10.6 Å². The number of nitrogens with one attached hydrogen (secondary N) is 2. The number of likely N-dealkylation sites (tertiary alicyclic amines) is 1. The Bertz CT molecular complexity index is 532. The molecule has 1 aliphatic rings. The number of halogens is 1. The Morgan fingerprint density at radius 1 is 1.36 bits per heavy atom. The van der Waals surface area contributed by atoms with Crippen LogP contribution in [0.15, 0.2) is 4.99 Å². The fraction of sp³-hybridized carbons (Fsp3) is 0.778. The van der Waals surface area contributed by atoms with E-state index in [1.165, 1.54) is 37.4 Å². The second-order valence-electron chi connectivity index (χ2n) is 6.76. The summed E-state index contributed by atoms with van der Waals surface area (Å²) >= 11 is 1.74. The highest BCUT2D eigenvalue weighted by Crippen LogP contribution is 2.18. The molecule has 0 aliphatic carbocycles. The molecule has 0 bridgehead atoms. The van der Waals surface area contributed by atoms with Crippen LogP contribution in [0.25, 0.3) is 0 Å². The third-order valence-electron chi connectivity index (χ3n) is 4.41. The van der Waals surface area contributed by atoms with Gasteiger partial charge >= 0.3 is 0 Å². The smallest absolute Gasteiger partial charge is 0.191 e. The van der Waals surface area contributed by atoms with Gasteiger partial charge in [-0.3, -0.25) is 0 Å². The van der Waals surface area contributed by atoms with Crippen LogP contribution in [0.2, 0.25) is 0 Å². The molecule has 0 radical (unpaired) electrons. The van der Waals surface area contributed by atoms with Gasteiger partial charge in [0.25, 0.3) is 0 Å². The van der Waals surface area contributed by atoms with E-state index in [0.29, 0.717) is 6.54 Å². The van der Waals surface area contributed by atoms with Crippen LogP contribution in [0, 0.1) is 19.8 Å². The molecule has 0 saturated carbocycles. The van der Waals surface area contributed by atoms with Gasteiger partial charge in [0.2, 0.25) is 0 Å². The lowest BCUT2D eigenvalue weighted by atomic mass is 10.0. The maximum absolute atomic E-state index is 4.71. The first-order valence-electron chi connectivity index (χ1n) is 9.26. The fourth-order valence-corrected chi connectivity index (χ4v) is 4.07. The number of hydrogen-bond donors (Lipinski definition) is 2. The van der Waals surface area contributed by atoms with Crippen molar-refractivity contribution in [2.45, 2.75) is 53.5 Å². The minimum absolute atomic E-state index is 0. The van der Waals surface area contributed by atoms with Gasteiger partial charge in [-0.2, -0.15) is 0 Å². The van der Waals surface area contributed by atoms with Gasteiger partial charge in [0.05, 0.1) is 17.2 Å². The number of aryl methyl sites for hydroxylation is 2. The van der Waals surface area contributed by atoms with Gasteiger partial charge in [-0.1, -0.05) is 6.92 Å². The zero-order chi connectivity index (χ0) is 17.4. The van der Waals surface area contributed by atoms with E-state index in [-0.39, 0.29) is 24.0 Å². The summed E-state index contributed by atoms with van der Waals surface area (Å²) in [7, 11) is 0. The molecule has 1 atom stereocenters. The Morgan fingerprint density at radius 3 is 2.80 bits per heavy atom. The number of hydrogen-bond acceptors (Lipinski definition) is 4. The van der Waals surface area contributed by atoms with Crippen molar-refractivity contribution in [2.75, 3.05) is 32.7 Å². The average Bonchev–Trinajstić information content (AvgIpc) is 2.87. The molecule has 1 saturated heterocycles. The number of aliphatic imine (C=N–C) groups is 1. The number of rotatable bonds is 7. The summed E-state index contributed by atoms with van der Waals surface area (Å²) in [6, 6.07) is 0. The fourth-order valence-electron chi connectivity index (χ4n) is 3.21. The van der Waals surface area contributed by atoms with Gasteiger partial charge in [-0.15, -0.1) is 35.3 Å². The average molecular weight is 479 g/mol. The molecule has 5 nitrogen and oxygen atoms in total. The number of guanidine groups is 1. The van der Waals surface area contributed by atoms with Gasteiger partial charge in [0, 0.05) is 24.5 Å². The first-order chi connectivity index (χ1) is 11.6. The van der Waals surface area contributed by atoms with E-state index in [9.17, 15) is 0 Å². The van der Waals surface area contributed by atoms with E-state index in [1.54, 1.807) is 11.3 Å². The molecule has 25 heavy (non-hydrogen) atoms. The van der Waals surface area contributed by atoms with Crippen LogP contribution in [0.4, 0.5) is 0 Å². The predicted molar refractivity (Wildman–Crippen MR) is 119 cm³/mol. The summed E-state index contributed by atoms with van der Waals surface area (Å²) in [5.41, 5.74) is 1.11. The van der Waals surface area contributed by atoms with Crippen LogP contribution >= 0.6 is 35.3 Å². The summed E-state index contributed by atoms with van der Waals surface area (Å²) in [6.07, 6.45) is 3.91. The van der Waals surface area contributed by atoms with Crippen molar-refractivity contribution < 1.29 is 0 Å². The van der Waals surface area contributed by atoms with E-state index >= 15 is 0 Å². The molecule has 0 spiro atoms. The van der Waals surface area contributed by atoms with Crippen LogP contribution in [0.5, 0.6) is 0 Å². The predicted octanol–water partition coefficient (Wildman–Crippen LogP) is 3.56. The second-order valence-corrected chi connectivity index (χ2v) is 8.05. The molecule has 144 valence electrons. The lowest BCUT2D eigenvalue weighted by molar-refractivity contribution is 0.182. The summed E-state index contributed by atoms with van der Waals surface area (Å²) in [5.74, 6) is 1.77. The molecule has 2 rings (SSSR count). The normalized spacial score (nSPS) is 18.7. The number of aromatic nitrogens is 1. The highest BCUT2D eigenvalue weighted by atomic mass is 127. The monoisotopic (exact) mass is 479 g/mol. The first kappa shape index (κ1) is 22.6. The molecule has 2 heterocycles. The standard InChI is InChI=1S/C18H33N5S.HI/c1-5-19-18(21-12-17-15(3)22-16(4)24-17)20-9-7-11-23-10-6-8-14(2)13-23;/h14H,5-13H2,1-4H3,(H2,19,20,21);1H. The van der Waals surface area contributed by atoms with E-state index < -0.39 is 0 Å². The van der Waals surface area contributed by atoms with Crippen molar-refractivity contribution in [3.05, 3.63) is 15.6 Å². The highest BCUT2D eigenvalue weighted by Gasteiger charge is 2.15. The van der Waals surface area contributed by atoms with E-state index in [2.05, 4.69) is 48.2 Å². The van der Waals surface area contributed by atoms with E-state index in [1.807, 2.05) is 0 Å². The molecule has 1 aliphatic heterocycles. The zero-order valence-corrected chi connectivity index (χ0v) is 19.2. The van der Waals surface area contributed by atoms with Gasteiger partial charge in [0.15, 0.2) is 5.96 Å². The van der Waals surface area contributed by atoms with Crippen LogP contribution in [-0.4, -0.2) is 48.6 Å². The summed E-state index contributed by atoms with van der Waals surface area (Å²) < 4.78 is 0.